The molecule has 0 aliphatic heterocycles. The van der Waals surface area contributed by atoms with Gasteiger partial charge in [-0.25, -0.2) is 0 Å². The molecule has 2 heteroatoms. The average molecular weight is 351 g/mol. The van der Waals surface area contributed by atoms with Crippen LogP contribution in [0.2, 0.25) is 0 Å². The van der Waals surface area contributed by atoms with Crippen molar-refractivity contribution < 1.29 is 18.9 Å². The molecule has 0 fully saturated rings. The summed E-state index contributed by atoms with van der Waals surface area (Å²) in [5, 5.41) is 0. The van der Waals surface area contributed by atoms with Crippen molar-refractivity contribution in [3.63, 3.8) is 0 Å². The van der Waals surface area contributed by atoms with Crippen LogP contribution in [0, 0.1) is 6.07 Å². The van der Waals surface area contributed by atoms with Crippen molar-refractivity contribution in [3.8, 4) is 0 Å². The molecule has 1 radical (unpaired) electrons. The van der Waals surface area contributed by atoms with Crippen LogP contribution in [0.3, 0.4) is 0 Å². The topological polar surface area (TPSA) is 0 Å². The Labute approximate surface area is 197 Å². The zero-order valence-corrected chi connectivity index (χ0v) is 18.1. The van der Waals surface area contributed by atoms with E-state index in [1.165, 1.54) is 16.7 Å². The van der Waals surface area contributed by atoms with E-state index in [4.69, 9.17) is 0 Å². The van der Waals surface area contributed by atoms with Gasteiger partial charge in [-0.05, 0) is 16.7 Å². The summed E-state index contributed by atoms with van der Waals surface area (Å²) in [7, 11) is 0. The Bertz CT molecular complexity index is 714. The number of benzene rings is 4. The first-order valence-corrected chi connectivity index (χ1v) is 8.51. The van der Waals surface area contributed by atoms with Crippen molar-refractivity contribution in [1.82, 2.24) is 0 Å². The van der Waals surface area contributed by atoms with Gasteiger partial charge < -0.3 is 0 Å². The average Bonchev–Trinajstić information content (AvgIpc) is 2.72. The zero-order valence-electron chi connectivity index (χ0n) is 16.1. The minimum absolute atomic E-state index is 0. The molecule has 0 aliphatic rings. The summed E-state index contributed by atoms with van der Waals surface area (Å²) in [6.07, 6.45) is 0. The molecule has 0 nitrogen and oxygen atoms in total. The fourth-order valence-electron chi connectivity index (χ4n) is 2.86. The first-order valence-electron chi connectivity index (χ1n) is 8.51. The molecule has 0 spiro atoms. The Morgan fingerprint density at radius 3 is 0.963 bits per heavy atom. The summed E-state index contributed by atoms with van der Waals surface area (Å²) in [4.78, 5) is 0. The van der Waals surface area contributed by atoms with Crippen molar-refractivity contribution in [2.24, 2.45) is 0 Å². The zero-order chi connectivity index (χ0) is 17.2. The van der Waals surface area contributed by atoms with Crippen LogP contribution in [0.25, 0.3) is 0 Å². The monoisotopic (exact) mass is 351 g/mol. The molecule has 0 bridgehead atoms. The predicted octanol–water partition coefficient (Wildman–Crippen LogP) is 2.98. The van der Waals surface area contributed by atoms with Gasteiger partial charge >= 0.3 is 18.9 Å². The van der Waals surface area contributed by atoms with Gasteiger partial charge in [-0.2, -0.15) is 36.4 Å². The molecule has 0 heterocycles. The molecular formula is C25H21LiNa. The quantitative estimate of drug-likeness (QED) is 0.302. The van der Waals surface area contributed by atoms with Crippen LogP contribution in [-0.2, 0) is 0 Å². The normalized spacial score (nSPS) is 9.22. The van der Waals surface area contributed by atoms with Gasteiger partial charge in [0.15, 0.2) is 0 Å². The molecule has 0 saturated carbocycles. The smallest absolute Gasteiger partial charge is 0.184 e. The maximum Gasteiger partial charge on any atom is 1.00 e. The van der Waals surface area contributed by atoms with Gasteiger partial charge in [0.25, 0.3) is 0 Å². The van der Waals surface area contributed by atoms with E-state index in [1.54, 1.807) is 0 Å². The van der Waals surface area contributed by atoms with Gasteiger partial charge in [0, 0.05) is 35.5 Å². The van der Waals surface area contributed by atoms with E-state index in [0.717, 1.165) is 0 Å². The summed E-state index contributed by atoms with van der Waals surface area (Å²) < 4.78 is 0. The molecule has 4 rings (SSSR count). The molecule has 4 aromatic carbocycles. The van der Waals surface area contributed by atoms with E-state index >= 15 is 0 Å². The van der Waals surface area contributed by atoms with E-state index in [2.05, 4.69) is 97.1 Å². The minimum Gasteiger partial charge on any atom is -0.184 e. The van der Waals surface area contributed by atoms with E-state index in [-0.39, 0.29) is 48.4 Å². The standard InChI is InChI=1S/C19H16.C6H5.Li.Na/c1-4-10-16(11-5-1)19(17-12-6-2-7-13-17)18-14-8-3-9-15-18;1-2-4-6-5-3-1;;/h1-15,19H;1-5H;;/q;-1;+1;. The molecule has 0 aromatic heterocycles. The fraction of sp³-hybridized carbons (Fsp3) is 0.0400. The maximum absolute atomic E-state index is 2.89. The molecule has 0 atom stereocenters. The van der Waals surface area contributed by atoms with Gasteiger partial charge in [-0.15, -0.1) is 0 Å². The van der Waals surface area contributed by atoms with Crippen LogP contribution in [-0.4, -0.2) is 29.6 Å². The van der Waals surface area contributed by atoms with E-state index < -0.39 is 0 Å². The Morgan fingerprint density at radius 1 is 0.444 bits per heavy atom. The van der Waals surface area contributed by atoms with Gasteiger partial charge in [-0.1, -0.05) is 91.0 Å². The van der Waals surface area contributed by atoms with Crippen LogP contribution in [0.1, 0.15) is 22.6 Å². The molecule has 27 heavy (non-hydrogen) atoms. The Hall–Kier alpha value is -1.52. The summed E-state index contributed by atoms with van der Waals surface area (Å²) in [5.74, 6) is 0.309. The van der Waals surface area contributed by atoms with E-state index in [9.17, 15) is 0 Å². The van der Waals surface area contributed by atoms with Gasteiger partial charge in [0.05, 0.1) is 0 Å². The second-order valence-corrected chi connectivity index (χ2v) is 5.74. The number of hydrogen-bond donors (Lipinski definition) is 0. The molecule has 0 aliphatic carbocycles. The van der Waals surface area contributed by atoms with E-state index in [0.29, 0.717) is 5.92 Å². The van der Waals surface area contributed by atoms with E-state index in [1.807, 2.05) is 30.3 Å². The van der Waals surface area contributed by atoms with Gasteiger partial charge in [0.2, 0.25) is 0 Å². The summed E-state index contributed by atoms with van der Waals surface area (Å²) >= 11 is 0. The molecule has 0 amide bonds. The first-order chi connectivity index (χ1) is 12.4. The van der Waals surface area contributed by atoms with Crippen molar-refractivity contribution in [2.45, 2.75) is 5.92 Å². The molecule has 4 aromatic rings. The van der Waals surface area contributed by atoms with Crippen molar-refractivity contribution in [1.29, 1.82) is 0 Å². The van der Waals surface area contributed by atoms with Crippen LogP contribution in [0.15, 0.2) is 121 Å². The van der Waals surface area contributed by atoms with Crippen LogP contribution in [0.5, 0.6) is 0 Å². The van der Waals surface area contributed by atoms with Crippen LogP contribution < -0.4 is 18.9 Å². The predicted molar refractivity (Wildman–Crippen MR) is 111 cm³/mol. The van der Waals surface area contributed by atoms with Crippen LogP contribution >= 0.6 is 0 Å². The van der Waals surface area contributed by atoms with Crippen molar-refractivity contribution >= 4 is 29.6 Å². The molecule has 123 valence electrons. The SMILES string of the molecule is [Li+].[Na].[c-]1ccccc1.c1ccc(C(c2ccccc2)c2ccccc2)cc1. The summed E-state index contributed by atoms with van der Waals surface area (Å²) in [6, 6.07) is 44.5. The fourth-order valence-corrected chi connectivity index (χ4v) is 2.86. The van der Waals surface area contributed by atoms with Gasteiger partial charge in [-0.3, -0.25) is 0 Å². The second-order valence-electron chi connectivity index (χ2n) is 5.74. The van der Waals surface area contributed by atoms with Crippen molar-refractivity contribution in [2.75, 3.05) is 0 Å². The van der Waals surface area contributed by atoms with Crippen molar-refractivity contribution in [3.05, 3.63) is 144 Å². The molecule has 0 N–H and O–H groups in total. The third-order valence-electron chi connectivity index (χ3n) is 4.01. The third kappa shape index (κ3) is 7.55. The summed E-state index contributed by atoms with van der Waals surface area (Å²) in [5.41, 5.74) is 4.00. The summed E-state index contributed by atoms with van der Waals surface area (Å²) in [6.45, 7) is 0. The Morgan fingerprint density at radius 2 is 0.741 bits per heavy atom. The number of rotatable bonds is 3. The van der Waals surface area contributed by atoms with Crippen LogP contribution in [0.4, 0.5) is 0 Å². The molecule has 0 saturated heterocycles. The Balaban J connectivity index is 0.000000393. The van der Waals surface area contributed by atoms with Gasteiger partial charge in [0.1, 0.15) is 0 Å². The Kier molecular flexibility index (Phi) is 11.9. The number of hydrogen-bond acceptors (Lipinski definition) is 0. The first kappa shape index (κ1) is 23.5. The third-order valence-corrected chi connectivity index (χ3v) is 4.01. The minimum atomic E-state index is 0. The molecular weight excluding hydrogens is 330 g/mol. The maximum atomic E-state index is 2.89. The molecule has 0 unspecified atom stereocenters. The largest absolute Gasteiger partial charge is 1.00 e. The second kappa shape index (κ2) is 13.6.